The van der Waals surface area contributed by atoms with Crippen LogP contribution in [0.4, 0.5) is 5.69 Å². The maximum absolute atomic E-state index is 12.6. The second-order valence-electron chi connectivity index (χ2n) is 5.19. The molecule has 0 radical (unpaired) electrons. The number of nitrogen functional groups attached to an aromatic ring is 1. The van der Waals surface area contributed by atoms with E-state index in [-0.39, 0.29) is 5.91 Å². The molecule has 2 atom stereocenters. The standard InChI is InChI=1S/C15H22N2O2S/c1-4-19-14-6-12(5-13(16)7-14)15(18)17-8-10(2)20-11(3)9-17/h5-7,10-11H,4,8-9,16H2,1-3H3. The third-order valence-corrected chi connectivity index (χ3v) is 4.42. The fourth-order valence-corrected chi connectivity index (χ4v) is 3.85. The van der Waals surface area contributed by atoms with E-state index in [9.17, 15) is 4.79 Å². The van der Waals surface area contributed by atoms with Crippen LogP contribution in [0.25, 0.3) is 0 Å². The molecule has 1 aromatic carbocycles. The molecule has 1 heterocycles. The van der Waals surface area contributed by atoms with Crippen LogP contribution in [-0.2, 0) is 0 Å². The van der Waals surface area contributed by atoms with Crippen molar-refractivity contribution in [2.24, 2.45) is 0 Å². The molecule has 2 rings (SSSR count). The maximum atomic E-state index is 12.6. The van der Waals surface area contributed by atoms with Gasteiger partial charge in [-0.3, -0.25) is 4.79 Å². The number of rotatable bonds is 3. The molecule has 0 bridgehead atoms. The first-order valence-corrected chi connectivity index (χ1v) is 7.92. The lowest BCUT2D eigenvalue weighted by molar-refractivity contribution is 0.0753. The fourth-order valence-electron chi connectivity index (χ4n) is 2.52. The van der Waals surface area contributed by atoms with Crippen LogP contribution >= 0.6 is 11.8 Å². The summed E-state index contributed by atoms with van der Waals surface area (Å²) in [5.41, 5.74) is 7.03. The Hall–Kier alpha value is -1.36. The molecule has 20 heavy (non-hydrogen) atoms. The lowest BCUT2D eigenvalue weighted by Crippen LogP contribution is -2.44. The minimum Gasteiger partial charge on any atom is -0.494 e. The summed E-state index contributed by atoms with van der Waals surface area (Å²) >= 11 is 1.93. The first-order valence-electron chi connectivity index (χ1n) is 6.97. The summed E-state index contributed by atoms with van der Waals surface area (Å²) in [6.45, 7) is 8.36. The third-order valence-electron chi connectivity index (χ3n) is 3.19. The summed E-state index contributed by atoms with van der Waals surface area (Å²) in [4.78, 5) is 14.5. The molecular weight excluding hydrogens is 272 g/mol. The van der Waals surface area contributed by atoms with Crippen LogP contribution in [0.15, 0.2) is 18.2 Å². The predicted octanol–water partition coefficient (Wildman–Crippen LogP) is 2.63. The number of carbonyl (C=O) groups excluding carboxylic acids is 1. The zero-order chi connectivity index (χ0) is 14.7. The third kappa shape index (κ3) is 3.60. The minimum absolute atomic E-state index is 0.0391. The van der Waals surface area contributed by atoms with Gasteiger partial charge in [-0.25, -0.2) is 0 Å². The van der Waals surface area contributed by atoms with Crippen LogP contribution in [-0.4, -0.2) is 41.0 Å². The summed E-state index contributed by atoms with van der Waals surface area (Å²) < 4.78 is 5.45. The van der Waals surface area contributed by atoms with Gasteiger partial charge in [0.2, 0.25) is 0 Å². The highest BCUT2D eigenvalue weighted by Gasteiger charge is 2.26. The number of nitrogens with two attached hydrogens (primary N) is 1. The van der Waals surface area contributed by atoms with Gasteiger partial charge in [0.05, 0.1) is 6.61 Å². The van der Waals surface area contributed by atoms with Crippen LogP contribution in [0.5, 0.6) is 5.75 Å². The van der Waals surface area contributed by atoms with E-state index in [4.69, 9.17) is 10.5 Å². The quantitative estimate of drug-likeness (QED) is 0.871. The average molecular weight is 294 g/mol. The van der Waals surface area contributed by atoms with Crippen molar-refractivity contribution in [3.8, 4) is 5.75 Å². The Balaban J connectivity index is 2.19. The van der Waals surface area contributed by atoms with E-state index >= 15 is 0 Å². The SMILES string of the molecule is CCOc1cc(N)cc(C(=O)N2CC(C)SC(C)C2)c1. The summed E-state index contributed by atoms with van der Waals surface area (Å²) in [6, 6.07) is 5.25. The molecule has 2 N–H and O–H groups in total. The molecule has 1 aromatic rings. The van der Waals surface area contributed by atoms with E-state index in [0.29, 0.717) is 34.1 Å². The molecule has 1 saturated heterocycles. The summed E-state index contributed by atoms with van der Waals surface area (Å²) in [6.07, 6.45) is 0. The monoisotopic (exact) mass is 294 g/mol. The van der Waals surface area contributed by atoms with Crippen LogP contribution in [0.2, 0.25) is 0 Å². The van der Waals surface area contributed by atoms with Crippen molar-refractivity contribution in [3.05, 3.63) is 23.8 Å². The van der Waals surface area contributed by atoms with Gasteiger partial charge in [0.15, 0.2) is 0 Å². The van der Waals surface area contributed by atoms with Gasteiger partial charge in [-0.1, -0.05) is 13.8 Å². The predicted molar refractivity (Wildman–Crippen MR) is 84.4 cm³/mol. The number of amides is 1. The minimum atomic E-state index is 0.0391. The first-order chi connectivity index (χ1) is 9.49. The second kappa shape index (κ2) is 6.39. The molecule has 2 unspecified atom stereocenters. The van der Waals surface area contributed by atoms with E-state index in [1.807, 2.05) is 23.6 Å². The molecular formula is C15H22N2O2S. The molecule has 110 valence electrons. The Bertz CT molecular complexity index is 483. The van der Waals surface area contributed by atoms with Gasteiger partial charge in [0, 0.05) is 40.9 Å². The fraction of sp³-hybridized carbons (Fsp3) is 0.533. The normalized spacial score (nSPS) is 22.6. The van der Waals surface area contributed by atoms with Crippen molar-refractivity contribution in [2.45, 2.75) is 31.3 Å². The molecule has 0 saturated carbocycles. The van der Waals surface area contributed by atoms with Crippen molar-refractivity contribution in [1.82, 2.24) is 4.90 Å². The number of hydrogen-bond acceptors (Lipinski definition) is 4. The van der Waals surface area contributed by atoms with E-state index in [1.165, 1.54) is 0 Å². The number of anilines is 1. The molecule has 1 aliphatic rings. The number of nitrogens with zero attached hydrogens (tertiary/aromatic N) is 1. The average Bonchev–Trinajstić information content (AvgIpc) is 2.36. The Morgan fingerprint density at radius 1 is 1.35 bits per heavy atom. The zero-order valence-electron chi connectivity index (χ0n) is 12.3. The lowest BCUT2D eigenvalue weighted by Gasteiger charge is -2.34. The Morgan fingerprint density at radius 2 is 2.00 bits per heavy atom. The smallest absolute Gasteiger partial charge is 0.254 e. The van der Waals surface area contributed by atoms with E-state index in [2.05, 4.69) is 13.8 Å². The maximum Gasteiger partial charge on any atom is 0.254 e. The molecule has 0 aromatic heterocycles. The van der Waals surface area contributed by atoms with Crippen LogP contribution in [0, 0.1) is 0 Å². The van der Waals surface area contributed by atoms with E-state index < -0.39 is 0 Å². The lowest BCUT2D eigenvalue weighted by atomic mass is 10.1. The number of benzene rings is 1. The van der Waals surface area contributed by atoms with Crippen LogP contribution < -0.4 is 10.5 Å². The van der Waals surface area contributed by atoms with Gasteiger partial charge in [-0.2, -0.15) is 11.8 Å². The Labute approximate surface area is 124 Å². The van der Waals surface area contributed by atoms with Gasteiger partial charge in [-0.05, 0) is 19.1 Å². The van der Waals surface area contributed by atoms with Gasteiger partial charge in [0.25, 0.3) is 5.91 Å². The van der Waals surface area contributed by atoms with Crippen LogP contribution in [0.3, 0.4) is 0 Å². The Kier molecular flexibility index (Phi) is 4.81. The molecule has 1 fully saturated rings. The highest BCUT2D eigenvalue weighted by atomic mass is 32.2. The highest BCUT2D eigenvalue weighted by Crippen LogP contribution is 2.27. The number of carbonyl (C=O) groups is 1. The van der Waals surface area contributed by atoms with Crippen molar-refractivity contribution in [3.63, 3.8) is 0 Å². The summed E-state index contributed by atoms with van der Waals surface area (Å²) in [5.74, 6) is 0.695. The molecule has 1 aliphatic heterocycles. The topological polar surface area (TPSA) is 55.6 Å². The number of thioether (sulfide) groups is 1. The van der Waals surface area contributed by atoms with Gasteiger partial charge in [0.1, 0.15) is 5.75 Å². The molecule has 0 aliphatic carbocycles. The molecule has 1 amide bonds. The summed E-state index contributed by atoms with van der Waals surface area (Å²) in [5, 5.41) is 0.935. The van der Waals surface area contributed by atoms with E-state index in [1.54, 1.807) is 18.2 Å². The first kappa shape index (κ1) is 15.0. The van der Waals surface area contributed by atoms with Gasteiger partial charge in [-0.15, -0.1) is 0 Å². The molecule has 5 heteroatoms. The largest absolute Gasteiger partial charge is 0.494 e. The second-order valence-corrected chi connectivity index (χ2v) is 7.07. The van der Waals surface area contributed by atoms with Crippen molar-refractivity contribution >= 4 is 23.4 Å². The van der Waals surface area contributed by atoms with Crippen molar-refractivity contribution < 1.29 is 9.53 Å². The Morgan fingerprint density at radius 3 is 2.60 bits per heavy atom. The summed E-state index contributed by atoms with van der Waals surface area (Å²) in [7, 11) is 0. The zero-order valence-corrected chi connectivity index (χ0v) is 13.1. The highest BCUT2D eigenvalue weighted by molar-refractivity contribution is 8.00. The number of ether oxygens (including phenoxy) is 1. The van der Waals surface area contributed by atoms with Gasteiger partial charge >= 0.3 is 0 Å². The van der Waals surface area contributed by atoms with Gasteiger partial charge < -0.3 is 15.4 Å². The van der Waals surface area contributed by atoms with Crippen LogP contribution in [0.1, 0.15) is 31.1 Å². The van der Waals surface area contributed by atoms with Crippen molar-refractivity contribution in [1.29, 1.82) is 0 Å². The van der Waals surface area contributed by atoms with E-state index in [0.717, 1.165) is 13.1 Å². The number of hydrogen-bond donors (Lipinski definition) is 1. The molecule has 4 nitrogen and oxygen atoms in total. The van der Waals surface area contributed by atoms with Crippen molar-refractivity contribution in [2.75, 3.05) is 25.4 Å². The molecule has 0 spiro atoms.